The Morgan fingerprint density at radius 2 is 1.90 bits per heavy atom. The van der Waals surface area contributed by atoms with Gasteiger partial charge in [-0.25, -0.2) is 0 Å². The smallest absolute Gasteiger partial charge is 0.237 e. The monoisotopic (exact) mass is 312 g/mol. The van der Waals surface area contributed by atoms with Crippen molar-refractivity contribution in [2.75, 3.05) is 32.1 Å². The van der Waals surface area contributed by atoms with E-state index in [1.54, 1.807) is 0 Å². The molecule has 3 nitrogen and oxygen atoms in total. The second-order valence-corrected chi connectivity index (χ2v) is 6.25. The van der Waals surface area contributed by atoms with E-state index in [0.717, 1.165) is 31.2 Å². The maximum Gasteiger partial charge on any atom is 0.237 e. The second kappa shape index (κ2) is 5.55. The highest BCUT2D eigenvalue weighted by Gasteiger charge is 2.50. The summed E-state index contributed by atoms with van der Waals surface area (Å²) in [6, 6.07) is 8.17. The molecule has 1 aliphatic carbocycles. The summed E-state index contributed by atoms with van der Waals surface area (Å²) < 4.78 is 0. The van der Waals surface area contributed by atoms with Gasteiger partial charge in [-0.15, -0.1) is 11.6 Å². The van der Waals surface area contributed by atoms with E-state index in [4.69, 9.17) is 23.2 Å². The summed E-state index contributed by atoms with van der Waals surface area (Å²) in [5.41, 5.74) is 1.46. The first-order valence-electron chi connectivity index (χ1n) is 7.00. The predicted molar refractivity (Wildman–Crippen MR) is 81.2 cm³/mol. The number of piperazine rings is 1. The number of rotatable bonds is 3. The lowest BCUT2D eigenvalue weighted by Crippen LogP contribution is -2.52. The number of amides is 1. The molecule has 2 aliphatic rings. The number of hydrogen-bond acceptors (Lipinski definition) is 2. The fourth-order valence-corrected chi connectivity index (χ4v) is 3.51. The Kier molecular flexibility index (Phi) is 3.93. The molecular weight excluding hydrogens is 295 g/mol. The zero-order chi connectivity index (χ0) is 14.2. The standard InChI is InChI=1S/C15H18Cl2N2O/c16-11-14(20)18-6-8-19(9-7-18)15(4-5-15)12-2-1-3-13(17)10-12/h1-3,10H,4-9,11H2. The highest BCUT2D eigenvalue weighted by Crippen LogP contribution is 2.51. The SMILES string of the molecule is O=C(CCl)N1CCN(C2(c3cccc(Cl)c3)CC2)CC1. The van der Waals surface area contributed by atoms with E-state index in [2.05, 4.69) is 17.0 Å². The third kappa shape index (κ3) is 2.54. The van der Waals surface area contributed by atoms with Crippen molar-refractivity contribution >= 4 is 29.1 Å². The van der Waals surface area contributed by atoms with Gasteiger partial charge in [0, 0.05) is 36.7 Å². The van der Waals surface area contributed by atoms with Crippen molar-refractivity contribution in [3.05, 3.63) is 34.9 Å². The first-order valence-corrected chi connectivity index (χ1v) is 7.92. The molecule has 3 rings (SSSR count). The van der Waals surface area contributed by atoms with Gasteiger partial charge in [-0.1, -0.05) is 23.7 Å². The van der Waals surface area contributed by atoms with Gasteiger partial charge in [0.25, 0.3) is 0 Å². The Hall–Kier alpha value is -0.770. The lowest BCUT2D eigenvalue weighted by atomic mass is 10.0. The van der Waals surface area contributed by atoms with Crippen LogP contribution >= 0.6 is 23.2 Å². The highest BCUT2D eigenvalue weighted by atomic mass is 35.5. The number of nitrogens with zero attached hydrogens (tertiary/aromatic N) is 2. The van der Waals surface area contributed by atoms with Crippen molar-refractivity contribution in [3.8, 4) is 0 Å². The molecule has 1 aromatic carbocycles. The third-order valence-electron chi connectivity index (χ3n) is 4.44. The largest absolute Gasteiger partial charge is 0.339 e. The third-order valence-corrected chi connectivity index (χ3v) is 4.90. The molecule has 1 aliphatic heterocycles. The molecule has 5 heteroatoms. The molecule has 1 saturated heterocycles. The van der Waals surface area contributed by atoms with Gasteiger partial charge in [0.2, 0.25) is 5.91 Å². The van der Waals surface area contributed by atoms with Gasteiger partial charge in [0.15, 0.2) is 0 Å². The Labute approximate surface area is 129 Å². The van der Waals surface area contributed by atoms with Gasteiger partial charge in [-0.2, -0.15) is 0 Å². The minimum atomic E-state index is 0.0407. The van der Waals surface area contributed by atoms with E-state index in [0.29, 0.717) is 0 Å². The van der Waals surface area contributed by atoms with Crippen molar-refractivity contribution < 1.29 is 4.79 Å². The van der Waals surface area contributed by atoms with Gasteiger partial charge < -0.3 is 4.90 Å². The summed E-state index contributed by atoms with van der Waals surface area (Å²) in [7, 11) is 0. The van der Waals surface area contributed by atoms with Crippen molar-refractivity contribution in [1.29, 1.82) is 0 Å². The molecule has 1 saturated carbocycles. The van der Waals surface area contributed by atoms with Crippen LogP contribution in [-0.4, -0.2) is 47.8 Å². The van der Waals surface area contributed by atoms with Gasteiger partial charge in [-0.3, -0.25) is 9.69 Å². The van der Waals surface area contributed by atoms with Crippen LogP contribution in [0.3, 0.4) is 0 Å². The molecule has 108 valence electrons. The van der Waals surface area contributed by atoms with E-state index >= 15 is 0 Å². The van der Waals surface area contributed by atoms with Crippen LogP contribution in [0, 0.1) is 0 Å². The molecule has 0 spiro atoms. The lowest BCUT2D eigenvalue weighted by Gasteiger charge is -2.40. The molecule has 0 N–H and O–H groups in total. The highest BCUT2D eigenvalue weighted by molar-refractivity contribution is 6.30. The molecule has 0 atom stereocenters. The Balaban J connectivity index is 1.70. The van der Waals surface area contributed by atoms with Crippen LogP contribution < -0.4 is 0 Å². The molecule has 1 amide bonds. The van der Waals surface area contributed by atoms with Crippen LogP contribution in [0.15, 0.2) is 24.3 Å². The maximum absolute atomic E-state index is 11.6. The fourth-order valence-electron chi connectivity index (χ4n) is 3.15. The predicted octanol–water partition coefficient (Wildman–Crippen LogP) is 2.71. The summed E-state index contributed by atoms with van der Waals surface area (Å²) in [6.45, 7) is 3.37. The average Bonchev–Trinajstić information content (AvgIpc) is 3.28. The summed E-state index contributed by atoms with van der Waals surface area (Å²) in [5, 5.41) is 0.796. The molecule has 0 radical (unpaired) electrons. The fraction of sp³-hybridized carbons (Fsp3) is 0.533. The number of carbonyl (C=O) groups excluding carboxylic acids is 1. The van der Waals surface area contributed by atoms with Gasteiger partial charge in [-0.05, 0) is 30.5 Å². The van der Waals surface area contributed by atoms with E-state index < -0.39 is 0 Å². The van der Waals surface area contributed by atoms with Gasteiger partial charge >= 0.3 is 0 Å². The van der Waals surface area contributed by atoms with E-state index in [1.807, 2.05) is 17.0 Å². The van der Waals surface area contributed by atoms with Crippen LogP contribution in [0.25, 0.3) is 0 Å². The summed E-state index contributed by atoms with van der Waals surface area (Å²) >= 11 is 11.7. The van der Waals surface area contributed by atoms with Gasteiger partial charge in [0.05, 0.1) is 0 Å². The minimum absolute atomic E-state index is 0.0407. The Bertz CT molecular complexity index is 508. The zero-order valence-corrected chi connectivity index (χ0v) is 12.8. The van der Waals surface area contributed by atoms with Crippen LogP contribution in [-0.2, 0) is 10.3 Å². The normalized spacial score (nSPS) is 21.8. The molecule has 1 aromatic rings. The summed E-state index contributed by atoms with van der Waals surface area (Å²) in [4.78, 5) is 16.0. The number of hydrogen-bond donors (Lipinski definition) is 0. The summed E-state index contributed by atoms with van der Waals surface area (Å²) in [5.74, 6) is 0.123. The summed E-state index contributed by atoms with van der Waals surface area (Å²) in [6.07, 6.45) is 2.35. The van der Waals surface area contributed by atoms with Crippen molar-refractivity contribution in [3.63, 3.8) is 0 Å². The maximum atomic E-state index is 11.6. The molecule has 0 unspecified atom stereocenters. The number of carbonyl (C=O) groups is 1. The van der Waals surface area contributed by atoms with Crippen LogP contribution in [0.2, 0.25) is 5.02 Å². The Morgan fingerprint density at radius 1 is 1.20 bits per heavy atom. The van der Waals surface area contributed by atoms with E-state index in [-0.39, 0.29) is 17.3 Å². The average molecular weight is 313 g/mol. The first kappa shape index (κ1) is 14.2. The Morgan fingerprint density at radius 3 is 2.45 bits per heavy atom. The van der Waals surface area contributed by atoms with Crippen molar-refractivity contribution in [2.24, 2.45) is 0 Å². The number of halogens is 2. The molecular formula is C15H18Cl2N2O. The van der Waals surface area contributed by atoms with E-state index in [9.17, 15) is 4.79 Å². The first-order chi connectivity index (χ1) is 9.65. The van der Waals surface area contributed by atoms with Crippen LogP contribution in [0.5, 0.6) is 0 Å². The molecule has 20 heavy (non-hydrogen) atoms. The molecule has 0 bridgehead atoms. The van der Waals surface area contributed by atoms with Crippen molar-refractivity contribution in [1.82, 2.24) is 9.80 Å². The van der Waals surface area contributed by atoms with Crippen molar-refractivity contribution in [2.45, 2.75) is 18.4 Å². The molecule has 0 aromatic heterocycles. The number of alkyl halides is 1. The van der Waals surface area contributed by atoms with E-state index in [1.165, 1.54) is 18.4 Å². The molecule has 1 heterocycles. The number of benzene rings is 1. The molecule has 2 fully saturated rings. The lowest BCUT2D eigenvalue weighted by molar-refractivity contribution is -0.130. The minimum Gasteiger partial charge on any atom is -0.339 e. The zero-order valence-electron chi connectivity index (χ0n) is 11.3. The second-order valence-electron chi connectivity index (χ2n) is 5.54. The van der Waals surface area contributed by atoms with Gasteiger partial charge in [0.1, 0.15) is 5.88 Å². The quantitative estimate of drug-likeness (QED) is 0.801. The topological polar surface area (TPSA) is 23.6 Å². The van der Waals surface area contributed by atoms with Crippen LogP contribution in [0.4, 0.5) is 0 Å². The van der Waals surface area contributed by atoms with Crippen LogP contribution in [0.1, 0.15) is 18.4 Å².